The molecule has 1 unspecified atom stereocenters. The highest BCUT2D eigenvalue weighted by atomic mass is 127. The molecule has 138 valence electrons. The Morgan fingerprint density at radius 2 is 2.17 bits per heavy atom. The van der Waals surface area contributed by atoms with Gasteiger partial charge in [-0.05, 0) is 13.3 Å². The molecule has 1 fully saturated rings. The van der Waals surface area contributed by atoms with Crippen LogP contribution in [0.1, 0.15) is 45.8 Å². The smallest absolute Gasteiger partial charge is 0.216 e. The number of aromatic nitrogens is 1. The van der Waals surface area contributed by atoms with Crippen LogP contribution in [0.25, 0.3) is 0 Å². The molecule has 1 atom stereocenters. The van der Waals surface area contributed by atoms with Gasteiger partial charge in [0.1, 0.15) is 12.3 Å². The van der Waals surface area contributed by atoms with Crippen molar-refractivity contribution in [3.63, 3.8) is 0 Å². The lowest BCUT2D eigenvalue weighted by atomic mass is 9.94. The van der Waals surface area contributed by atoms with Crippen molar-refractivity contribution >= 4 is 39.8 Å². The van der Waals surface area contributed by atoms with Crippen molar-refractivity contribution < 1.29 is 12.8 Å². The Labute approximate surface area is 161 Å². The summed E-state index contributed by atoms with van der Waals surface area (Å²) in [7, 11) is -2.91. The Kier molecular flexibility index (Phi) is 7.51. The maximum atomic E-state index is 11.5. The summed E-state index contributed by atoms with van der Waals surface area (Å²) in [6, 6.07) is -0.0903. The third kappa shape index (κ3) is 6.23. The Hall–Kier alpha value is -0.840. The molecule has 1 aromatic rings. The second kappa shape index (κ2) is 8.50. The van der Waals surface area contributed by atoms with E-state index in [0.717, 1.165) is 5.76 Å². The number of rotatable bonds is 4. The molecule has 0 saturated carbocycles. The lowest BCUT2D eigenvalue weighted by Gasteiger charge is -2.15. The Morgan fingerprint density at radius 3 is 2.67 bits per heavy atom. The van der Waals surface area contributed by atoms with Crippen LogP contribution in [0, 0.1) is 0 Å². The van der Waals surface area contributed by atoms with Crippen molar-refractivity contribution in [1.29, 1.82) is 0 Å². The minimum Gasteiger partial charge on any atom is -0.443 e. The molecule has 7 nitrogen and oxygen atoms in total. The van der Waals surface area contributed by atoms with E-state index in [0.29, 0.717) is 31.4 Å². The molecular formula is C15H27IN4O3S. The molecule has 1 aliphatic heterocycles. The molecule has 9 heteroatoms. The number of nitrogens with zero attached hydrogens (tertiary/aromatic N) is 2. The molecule has 0 aromatic carbocycles. The fourth-order valence-electron chi connectivity index (χ4n) is 2.30. The van der Waals surface area contributed by atoms with Crippen LogP contribution in [0.5, 0.6) is 0 Å². The predicted molar refractivity (Wildman–Crippen MR) is 106 cm³/mol. The van der Waals surface area contributed by atoms with Crippen LogP contribution >= 0.6 is 24.0 Å². The molecule has 24 heavy (non-hydrogen) atoms. The summed E-state index contributed by atoms with van der Waals surface area (Å²) in [6.07, 6.45) is 2.34. The number of aliphatic imine (C=N–C) groups is 1. The van der Waals surface area contributed by atoms with Crippen LogP contribution < -0.4 is 10.6 Å². The van der Waals surface area contributed by atoms with Crippen LogP contribution in [-0.4, -0.2) is 43.5 Å². The first-order chi connectivity index (χ1) is 10.7. The summed E-state index contributed by atoms with van der Waals surface area (Å²) in [5.41, 5.74) is -0.0874. The van der Waals surface area contributed by atoms with Crippen LogP contribution in [0.3, 0.4) is 0 Å². The topological polar surface area (TPSA) is 96.6 Å². The van der Waals surface area contributed by atoms with E-state index in [2.05, 4.69) is 41.4 Å². The van der Waals surface area contributed by atoms with Crippen LogP contribution in [0.15, 0.2) is 15.6 Å². The van der Waals surface area contributed by atoms with Crippen molar-refractivity contribution in [2.24, 2.45) is 4.99 Å². The van der Waals surface area contributed by atoms with Crippen molar-refractivity contribution in [3.8, 4) is 0 Å². The fraction of sp³-hybridized carbons (Fsp3) is 0.733. The number of guanidine groups is 1. The lowest BCUT2D eigenvalue weighted by molar-refractivity contribution is 0.383. The maximum Gasteiger partial charge on any atom is 0.216 e. The molecule has 1 aliphatic rings. The SMILES string of the molecule is CCNC(=NCc1ncc(C(C)(C)C)o1)NC1CCS(=O)(=O)C1.I. The summed E-state index contributed by atoms with van der Waals surface area (Å²) >= 11 is 0. The molecule has 0 spiro atoms. The van der Waals surface area contributed by atoms with Gasteiger partial charge in [-0.15, -0.1) is 24.0 Å². The highest BCUT2D eigenvalue weighted by Gasteiger charge is 2.28. The van der Waals surface area contributed by atoms with E-state index in [1.807, 2.05) is 6.92 Å². The molecule has 1 saturated heterocycles. The summed E-state index contributed by atoms with van der Waals surface area (Å²) in [4.78, 5) is 8.68. The predicted octanol–water partition coefficient (Wildman–Crippen LogP) is 1.83. The first-order valence-corrected chi connectivity index (χ1v) is 9.72. The average Bonchev–Trinajstić information content (AvgIpc) is 3.02. The lowest BCUT2D eigenvalue weighted by Crippen LogP contribution is -2.44. The van der Waals surface area contributed by atoms with E-state index < -0.39 is 9.84 Å². The second-order valence-corrected chi connectivity index (χ2v) is 9.04. The Morgan fingerprint density at radius 1 is 1.46 bits per heavy atom. The van der Waals surface area contributed by atoms with Crippen LogP contribution in [0.2, 0.25) is 0 Å². The highest BCUT2D eigenvalue weighted by molar-refractivity contribution is 14.0. The van der Waals surface area contributed by atoms with E-state index in [4.69, 9.17) is 4.42 Å². The Balaban J connectivity index is 0.00000288. The number of nitrogens with one attached hydrogen (secondary N) is 2. The standard InChI is InChI=1S/C15H26N4O3S.HI/c1-5-16-14(19-11-6-7-23(20,21)10-11)18-9-13-17-8-12(22-13)15(2,3)4;/h8,11H,5-7,9-10H2,1-4H3,(H2,16,18,19);1H. The summed E-state index contributed by atoms with van der Waals surface area (Å²) in [6.45, 7) is 9.16. The monoisotopic (exact) mass is 470 g/mol. The van der Waals surface area contributed by atoms with Crippen LogP contribution in [0.4, 0.5) is 0 Å². The van der Waals surface area contributed by atoms with E-state index in [-0.39, 0.29) is 46.9 Å². The van der Waals surface area contributed by atoms with E-state index in [1.165, 1.54) is 0 Å². The molecule has 2 rings (SSSR count). The maximum absolute atomic E-state index is 11.5. The number of hydrogen-bond acceptors (Lipinski definition) is 5. The summed E-state index contributed by atoms with van der Waals surface area (Å²) in [5.74, 6) is 2.35. The zero-order chi connectivity index (χ0) is 17.1. The molecular weight excluding hydrogens is 443 g/mol. The number of halogens is 1. The third-order valence-corrected chi connectivity index (χ3v) is 5.35. The minimum absolute atomic E-state index is 0. The summed E-state index contributed by atoms with van der Waals surface area (Å²) < 4.78 is 28.8. The van der Waals surface area contributed by atoms with Gasteiger partial charge in [0.2, 0.25) is 5.89 Å². The van der Waals surface area contributed by atoms with Crippen molar-refractivity contribution in [3.05, 3.63) is 17.8 Å². The average molecular weight is 470 g/mol. The molecule has 0 aliphatic carbocycles. The van der Waals surface area contributed by atoms with E-state index >= 15 is 0 Å². The molecule has 2 heterocycles. The number of hydrogen-bond donors (Lipinski definition) is 2. The minimum atomic E-state index is -2.91. The number of oxazole rings is 1. The van der Waals surface area contributed by atoms with Gasteiger partial charge >= 0.3 is 0 Å². The zero-order valence-electron chi connectivity index (χ0n) is 14.6. The zero-order valence-corrected chi connectivity index (χ0v) is 17.8. The molecule has 1 aromatic heterocycles. The van der Waals surface area contributed by atoms with Crippen molar-refractivity contribution in [2.45, 2.75) is 52.1 Å². The van der Waals surface area contributed by atoms with Gasteiger partial charge < -0.3 is 15.1 Å². The van der Waals surface area contributed by atoms with Crippen molar-refractivity contribution in [1.82, 2.24) is 15.6 Å². The largest absolute Gasteiger partial charge is 0.443 e. The summed E-state index contributed by atoms with van der Waals surface area (Å²) in [5, 5.41) is 6.29. The first-order valence-electron chi connectivity index (χ1n) is 7.90. The van der Waals surface area contributed by atoms with Gasteiger partial charge in [0, 0.05) is 18.0 Å². The van der Waals surface area contributed by atoms with Gasteiger partial charge in [0.05, 0.1) is 17.7 Å². The highest BCUT2D eigenvalue weighted by Crippen LogP contribution is 2.22. The van der Waals surface area contributed by atoms with Crippen LogP contribution in [-0.2, 0) is 21.8 Å². The quantitative estimate of drug-likeness (QED) is 0.396. The third-order valence-electron chi connectivity index (χ3n) is 3.58. The first kappa shape index (κ1) is 21.2. The van der Waals surface area contributed by atoms with E-state index in [9.17, 15) is 8.42 Å². The second-order valence-electron chi connectivity index (χ2n) is 6.81. The molecule has 0 radical (unpaired) electrons. The van der Waals surface area contributed by atoms with Gasteiger partial charge in [-0.2, -0.15) is 0 Å². The normalized spacial score (nSPS) is 20.5. The Bertz CT molecular complexity index is 665. The molecule has 2 N–H and O–H groups in total. The number of sulfone groups is 1. The van der Waals surface area contributed by atoms with Gasteiger partial charge in [0.25, 0.3) is 0 Å². The van der Waals surface area contributed by atoms with Gasteiger partial charge in [-0.25, -0.2) is 18.4 Å². The molecule has 0 bridgehead atoms. The van der Waals surface area contributed by atoms with Gasteiger partial charge in [0.15, 0.2) is 15.8 Å². The van der Waals surface area contributed by atoms with Crippen molar-refractivity contribution in [2.75, 3.05) is 18.1 Å². The fourth-order valence-corrected chi connectivity index (χ4v) is 3.97. The molecule has 0 amide bonds. The van der Waals surface area contributed by atoms with Gasteiger partial charge in [-0.3, -0.25) is 0 Å². The van der Waals surface area contributed by atoms with E-state index in [1.54, 1.807) is 6.20 Å². The van der Waals surface area contributed by atoms with Gasteiger partial charge in [-0.1, -0.05) is 20.8 Å².